The maximum absolute atomic E-state index is 5.51. The molecule has 2 heteroatoms. The molecule has 0 atom stereocenters. The van der Waals surface area contributed by atoms with E-state index in [1.807, 2.05) is 0 Å². The van der Waals surface area contributed by atoms with Gasteiger partial charge in [-0.3, -0.25) is 0 Å². The number of rotatable bonds is 9. The van der Waals surface area contributed by atoms with E-state index in [-0.39, 0.29) is 5.41 Å². The van der Waals surface area contributed by atoms with Gasteiger partial charge in [0.1, 0.15) is 0 Å². The van der Waals surface area contributed by atoms with Crippen molar-refractivity contribution in [2.75, 3.05) is 27.4 Å². The summed E-state index contributed by atoms with van der Waals surface area (Å²) in [5.41, 5.74) is 5.94. The lowest BCUT2D eigenvalue weighted by Crippen LogP contribution is -2.31. The molecule has 0 aromatic heterocycles. The molecule has 0 rings (SSSR count). The van der Waals surface area contributed by atoms with Crippen LogP contribution in [0.2, 0.25) is 0 Å². The van der Waals surface area contributed by atoms with Gasteiger partial charge in [0.2, 0.25) is 0 Å². The first-order chi connectivity index (χ1) is 9.07. The van der Waals surface area contributed by atoms with Crippen LogP contribution < -0.4 is 0 Å². The molecule has 0 aromatic carbocycles. The van der Waals surface area contributed by atoms with Gasteiger partial charge in [-0.25, -0.2) is 0 Å². The average Bonchev–Trinajstić information content (AvgIpc) is 2.36. The molecule has 0 radical (unpaired) electrons. The molecule has 0 aliphatic carbocycles. The second-order valence-corrected chi connectivity index (χ2v) is 5.14. The SMILES string of the molecule is C#CCC(COC)(COC)CC(C)=C=C(CC)CC. The van der Waals surface area contributed by atoms with Crippen LogP contribution in [0.15, 0.2) is 16.9 Å². The molecule has 0 heterocycles. The van der Waals surface area contributed by atoms with Crippen molar-refractivity contribution >= 4 is 0 Å². The summed E-state index contributed by atoms with van der Waals surface area (Å²) in [6, 6.07) is 0. The monoisotopic (exact) mass is 264 g/mol. The van der Waals surface area contributed by atoms with Gasteiger partial charge in [0.15, 0.2) is 0 Å². The minimum Gasteiger partial charge on any atom is -0.384 e. The number of hydrogen-bond acceptors (Lipinski definition) is 2. The standard InChI is InChI=1S/C17H28O2/c1-7-10-17(13-18-5,14-19-6)12-15(4)11-16(8-2)9-3/h1H,8-10,12-14H2,2-6H3. The van der Waals surface area contributed by atoms with E-state index in [2.05, 4.69) is 32.4 Å². The van der Waals surface area contributed by atoms with Crippen LogP contribution >= 0.6 is 0 Å². The summed E-state index contributed by atoms with van der Waals surface area (Å²) >= 11 is 0. The zero-order valence-electron chi connectivity index (χ0n) is 13.1. The lowest BCUT2D eigenvalue weighted by atomic mass is 9.80. The molecule has 0 spiro atoms. The summed E-state index contributed by atoms with van der Waals surface area (Å²) in [6.07, 6.45) is 9.12. The van der Waals surface area contributed by atoms with E-state index in [1.165, 1.54) is 11.1 Å². The predicted molar refractivity (Wildman–Crippen MR) is 81.0 cm³/mol. The molecule has 0 fully saturated rings. The highest BCUT2D eigenvalue weighted by Gasteiger charge is 2.30. The Kier molecular flexibility index (Phi) is 9.35. The fourth-order valence-electron chi connectivity index (χ4n) is 2.47. The van der Waals surface area contributed by atoms with Gasteiger partial charge in [-0.15, -0.1) is 18.1 Å². The van der Waals surface area contributed by atoms with Gasteiger partial charge in [0, 0.05) is 26.1 Å². The Morgan fingerprint density at radius 3 is 2.00 bits per heavy atom. The van der Waals surface area contributed by atoms with Crippen LogP contribution in [0, 0.1) is 17.8 Å². The van der Waals surface area contributed by atoms with Gasteiger partial charge in [-0.05, 0) is 37.3 Å². The van der Waals surface area contributed by atoms with Crippen molar-refractivity contribution in [2.24, 2.45) is 5.41 Å². The highest BCUT2D eigenvalue weighted by molar-refractivity contribution is 5.11. The largest absolute Gasteiger partial charge is 0.384 e. The Morgan fingerprint density at radius 2 is 1.63 bits per heavy atom. The van der Waals surface area contributed by atoms with Gasteiger partial charge < -0.3 is 9.47 Å². The molecular weight excluding hydrogens is 236 g/mol. The topological polar surface area (TPSA) is 18.5 Å². The lowest BCUT2D eigenvalue weighted by Gasteiger charge is -2.30. The van der Waals surface area contributed by atoms with Gasteiger partial charge >= 0.3 is 0 Å². The summed E-state index contributed by atoms with van der Waals surface area (Å²) < 4.78 is 10.7. The number of allylic oxidation sites excluding steroid dienone is 1. The minimum absolute atomic E-state index is 0.137. The molecular formula is C17H28O2. The highest BCUT2D eigenvalue weighted by atomic mass is 16.5. The number of ether oxygens (including phenoxy) is 2. The summed E-state index contributed by atoms with van der Waals surface area (Å²) in [6.45, 7) is 7.66. The van der Waals surface area contributed by atoms with Crippen LogP contribution in [-0.4, -0.2) is 27.4 Å². The zero-order chi connectivity index (χ0) is 14.7. The lowest BCUT2D eigenvalue weighted by molar-refractivity contribution is 0.0134. The smallest absolute Gasteiger partial charge is 0.0553 e. The first kappa shape index (κ1) is 18.0. The van der Waals surface area contributed by atoms with Crippen LogP contribution in [0.1, 0.15) is 46.5 Å². The molecule has 0 saturated heterocycles. The molecule has 19 heavy (non-hydrogen) atoms. The zero-order valence-corrected chi connectivity index (χ0v) is 13.1. The molecule has 108 valence electrons. The van der Waals surface area contributed by atoms with E-state index in [0.29, 0.717) is 19.6 Å². The Bertz CT molecular complexity index is 342. The molecule has 0 unspecified atom stereocenters. The molecule has 0 saturated carbocycles. The predicted octanol–water partition coefficient (Wildman–Crippen LogP) is 3.97. The van der Waals surface area contributed by atoms with E-state index < -0.39 is 0 Å². The maximum atomic E-state index is 5.51. The highest BCUT2D eigenvalue weighted by Crippen LogP contribution is 2.31. The van der Waals surface area contributed by atoms with E-state index in [1.54, 1.807) is 14.2 Å². The fraction of sp³-hybridized carbons (Fsp3) is 0.706. The quantitative estimate of drug-likeness (QED) is 0.463. The molecule has 0 N–H and O–H groups in total. The fourth-order valence-corrected chi connectivity index (χ4v) is 2.47. The van der Waals surface area contributed by atoms with Crippen molar-refractivity contribution in [1.29, 1.82) is 0 Å². The Morgan fingerprint density at radius 1 is 1.11 bits per heavy atom. The van der Waals surface area contributed by atoms with E-state index in [4.69, 9.17) is 15.9 Å². The molecule has 0 bridgehead atoms. The number of hydrogen-bond donors (Lipinski definition) is 0. The number of methoxy groups -OCH3 is 2. The van der Waals surface area contributed by atoms with Crippen LogP contribution in [-0.2, 0) is 9.47 Å². The van der Waals surface area contributed by atoms with Crippen LogP contribution in [0.4, 0.5) is 0 Å². The molecule has 0 aromatic rings. The summed E-state index contributed by atoms with van der Waals surface area (Å²) in [5, 5.41) is 0. The van der Waals surface area contributed by atoms with Crippen LogP contribution in [0.3, 0.4) is 0 Å². The third-order valence-electron chi connectivity index (χ3n) is 3.26. The molecule has 0 amide bonds. The Balaban J connectivity index is 5.19. The minimum atomic E-state index is -0.137. The normalized spacial score (nSPS) is 10.7. The first-order valence-corrected chi connectivity index (χ1v) is 6.93. The van der Waals surface area contributed by atoms with Crippen molar-refractivity contribution in [2.45, 2.75) is 46.5 Å². The molecule has 2 nitrogen and oxygen atoms in total. The summed E-state index contributed by atoms with van der Waals surface area (Å²) in [5.74, 6) is 2.76. The summed E-state index contributed by atoms with van der Waals surface area (Å²) in [4.78, 5) is 0. The number of terminal acetylenes is 1. The molecule has 0 aliphatic rings. The van der Waals surface area contributed by atoms with Gasteiger partial charge in [-0.1, -0.05) is 13.8 Å². The van der Waals surface area contributed by atoms with Crippen molar-refractivity contribution < 1.29 is 9.47 Å². The molecule has 0 aliphatic heterocycles. The Labute approximate surface area is 118 Å². The first-order valence-electron chi connectivity index (χ1n) is 6.93. The van der Waals surface area contributed by atoms with Crippen molar-refractivity contribution in [3.8, 4) is 12.3 Å². The third-order valence-corrected chi connectivity index (χ3v) is 3.26. The van der Waals surface area contributed by atoms with E-state index in [9.17, 15) is 0 Å². The van der Waals surface area contributed by atoms with Crippen molar-refractivity contribution in [3.05, 3.63) is 16.9 Å². The van der Waals surface area contributed by atoms with E-state index in [0.717, 1.165) is 19.3 Å². The maximum Gasteiger partial charge on any atom is 0.0553 e. The second kappa shape index (κ2) is 9.87. The van der Waals surface area contributed by atoms with Gasteiger partial charge in [-0.2, -0.15) is 0 Å². The third kappa shape index (κ3) is 6.64. The van der Waals surface area contributed by atoms with Gasteiger partial charge in [0.05, 0.1) is 13.2 Å². The van der Waals surface area contributed by atoms with E-state index >= 15 is 0 Å². The van der Waals surface area contributed by atoms with Gasteiger partial charge in [0.25, 0.3) is 0 Å². The van der Waals surface area contributed by atoms with Crippen molar-refractivity contribution in [1.82, 2.24) is 0 Å². The van der Waals surface area contributed by atoms with Crippen LogP contribution in [0.5, 0.6) is 0 Å². The van der Waals surface area contributed by atoms with Crippen LogP contribution in [0.25, 0.3) is 0 Å². The Hall–Kier alpha value is -1.00. The average molecular weight is 264 g/mol. The van der Waals surface area contributed by atoms with Crippen molar-refractivity contribution in [3.63, 3.8) is 0 Å². The second-order valence-electron chi connectivity index (χ2n) is 5.14. The summed E-state index contributed by atoms with van der Waals surface area (Å²) in [7, 11) is 3.42.